The lowest BCUT2D eigenvalue weighted by atomic mass is 9.83. The minimum Gasteiger partial charge on any atom is -0.388 e. The molecule has 2 rings (SSSR count). The van der Waals surface area contributed by atoms with Gasteiger partial charge in [-0.15, -0.1) is 0 Å². The fourth-order valence-corrected chi connectivity index (χ4v) is 3.01. The predicted molar refractivity (Wildman–Crippen MR) is 87.8 cm³/mol. The first kappa shape index (κ1) is 16.1. The normalized spacial score (nSPS) is 19.2. The molecule has 0 aliphatic heterocycles. The maximum Gasteiger partial charge on any atom is 0.0802 e. The Morgan fingerprint density at radius 3 is 2.62 bits per heavy atom. The van der Waals surface area contributed by atoms with Crippen molar-refractivity contribution in [2.24, 2.45) is 11.1 Å². The van der Waals surface area contributed by atoms with Crippen LogP contribution in [0.4, 0.5) is 0 Å². The van der Waals surface area contributed by atoms with Crippen LogP contribution in [0.25, 0.3) is 0 Å². The molecular weight excluding hydrogens is 258 g/mol. The molecule has 1 unspecified atom stereocenters. The molecule has 1 aliphatic carbocycles. The van der Waals surface area contributed by atoms with Crippen molar-refractivity contribution >= 4 is 0 Å². The number of aliphatic hydroxyl groups excluding tert-OH is 1. The second kappa shape index (κ2) is 7.64. The zero-order valence-electron chi connectivity index (χ0n) is 13.1. The van der Waals surface area contributed by atoms with Gasteiger partial charge in [-0.25, -0.2) is 0 Å². The maximum atomic E-state index is 10.0. The van der Waals surface area contributed by atoms with E-state index >= 15 is 0 Å². The van der Waals surface area contributed by atoms with Crippen LogP contribution in [-0.2, 0) is 0 Å². The second-order valence-corrected chi connectivity index (χ2v) is 6.44. The molecule has 3 N–H and O–H groups in total. The van der Waals surface area contributed by atoms with Crippen molar-refractivity contribution in [3.05, 3.63) is 35.4 Å². The largest absolute Gasteiger partial charge is 0.388 e. The SMILES string of the molecule is CC1(C#Cc2cccc(C(O)CCN)c2)CCCCCC1. The monoisotopic (exact) mass is 285 g/mol. The molecule has 0 amide bonds. The van der Waals surface area contributed by atoms with E-state index in [0.717, 1.165) is 11.1 Å². The van der Waals surface area contributed by atoms with Gasteiger partial charge in [0.05, 0.1) is 6.10 Å². The highest BCUT2D eigenvalue weighted by Gasteiger charge is 2.22. The van der Waals surface area contributed by atoms with Crippen LogP contribution in [0.15, 0.2) is 24.3 Å². The van der Waals surface area contributed by atoms with E-state index in [9.17, 15) is 5.11 Å². The molecule has 1 fully saturated rings. The Labute approximate surface area is 128 Å². The van der Waals surface area contributed by atoms with E-state index < -0.39 is 6.10 Å². The summed E-state index contributed by atoms with van der Waals surface area (Å²) in [5, 5.41) is 10.0. The standard InChI is InChI=1S/C19H27NO/c1-19(11-4-2-3-5-12-19)13-9-16-7-6-8-17(15-16)18(21)10-14-20/h6-8,15,18,21H,2-5,10-12,14,20H2,1H3. The van der Waals surface area contributed by atoms with E-state index in [1.807, 2.05) is 24.3 Å². The molecule has 2 heteroatoms. The van der Waals surface area contributed by atoms with Gasteiger partial charge in [-0.1, -0.05) is 49.7 Å². The summed E-state index contributed by atoms with van der Waals surface area (Å²) in [6, 6.07) is 7.92. The molecule has 2 nitrogen and oxygen atoms in total. The van der Waals surface area contributed by atoms with Gasteiger partial charge in [0, 0.05) is 11.0 Å². The molecule has 0 saturated heterocycles. The second-order valence-electron chi connectivity index (χ2n) is 6.44. The van der Waals surface area contributed by atoms with Gasteiger partial charge in [-0.05, 0) is 50.4 Å². The quantitative estimate of drug-likeness (QED) is 0.656. The summed E-state index contributed by atoms with van der Waals surface area (Å²) in [4.78, 5) is 0. The molecule has 0 spiro atoms. The van der Waals surface area contributed by atoms with Gasteiger partial charge in [0.2, 0.25) is 0 Å². The first-order valence-corrected chi connectivity index (χ1v) is 8.14. The topological polar surface area (TPSA) is 46.2 Å². The molecule has 1 aromatic carbocycles. The lowest BCUT2D eigenvalue weighted by molar-refractivity contribution is 0.170. The zero-order valence-corrected chi connectivity index (χ0v) is 13.1. The van der Waals surface area contributed by atoms with Gasteiger partial charge in [0.1, 0.15) is 0 Å². The van der Waals surface area contributed by atoms with Crippen LogP contribution in [0, 0.1) is 17.3 Å². The smallest absolute Gasteiger partial charge is 0.0802 e. The van der Waals surface area contributed by atoms with Crippen molar-refractivity contribution in [2.75, 3.05) is 6.54 Å². The Morgan fingerprint density at radius 1 is 1.24 bits per heavy atom. The molecule has 1 saturated carbocycles. The van der Waals surface area contributed by atoms with Crippen molar-refractivity contribution in [3.8, 4) is 11.8 Å². The van der Waals surface area contributed by atoms with Crippen molar-refractivity contribution in [3.63, 3.8) is 0 Å². The number of hydrogen-bond donors (Lipinski definition) is 2. The van der Waals surface area contributed by atoms with Gasteiger partial charge in [-0.2, -0.15) is 0 Å². The summed E-state index contributed by atoms with van der Waals surface area (Å²) < 4.78 is 0. The molecule has 1 atom stereocenters. The summed E-state index contributed by atoms with van der Waals surface area (Å²) in [7, 11) is 0. The zero-order chi connectivity index (χ0) is 15.1. The summed E-state index contributed by atoms with van der Waals surface area (Å²) in [5.74, 6) is 6.82. The number of benzene rings is 1. The Hall–Kier alpha value is -1.30. The average Bonchev–Trinajstić information content (AvgIpc) is 2.71. The Morgan fingerprint density at radius 2 is 1.95 bits per heavy atom. The highest BCUT2D eigenvalue weighted by atomic mass is 16.3. The first-order valence-electron chi connectivity index (χ1n) is 8.14. The third-order valence-electron chi connectivity index (χ3n) is 4.43. The van der Waals surface area contributed by atoms with E-state index in [1.165, 1.54) is 38.5 Å². The minimum atomic E-state index is -0.481. The van der Waals surface area contributed by atoms with E-state index in [4.69, 9.17) is 5.73 Å². The molecule has 0 heterocycles. The molecule has 21 heavy (non-hydrogen) atoms. The predicted octanol–water partition coefficient (Wildman–Crippen LogP) is 3.78. The fraction of sp³-hybridized carbons (Fsp3) is 0.579. The Kier molecular flexibility index (Phi) is 5.85. The van der Waals surface area contributed by atoms with Crippen LogP contribution in [0.5, 0.6) is 0 Å². The third kappa shape index (κ3) is 4.88. The molecule has 1 aromatic rings. The summed E-state index contributed by atoms with van der Waals surface area (Å²) in [6.07, 6.45) is 7.79. The molecule has 0 aromatic heterocycles. The van der Waals surface area contributed by atoms with Crippen molar-refractivity contribution in [2.45, 2.75) is 58.0 Å². The Balaban J connectivity index is 2.12. The molecular formula is C19H27NO. The number of nitrogens with two attached hydrogens (primary N) is 1. The van der Waals surface area contributed by atoms with Crippen LogP contribution in [0.2, 0.25) is 0 Å². The summed E-state index contributed by atoms with van der Waals surface area (Å²) >= 11 is 0. The summed E-state index contributed by atoms with van der Waals surface area (Å²) in [6.45, 7) is 2.79. The van der Waals surface area contributed by atoms with Crippen LogP contribution >= 0.6 is 0 Å². The van der Waals surface area contributed by atoms with Crippen molar-refractivity contribution in [1.29, 1.82) is 0 Å². The van der Waals surface area contributed by atoms with Gasteiger partial charge in [0.25, 0.3) is 0 Å². The molecule has 0 bridgehead atoms. The third-order valence-corrected chi connectivity index (χ3v) is 4.43. The van der Waals surface area contributed by atoms with Crippen LogP contribution < -0.4 is 5.73 Å². The Bertz CT molecular complexity index is 504. The van der Waals surface area contributed by atoms with E-state index in [2.05, 4.69) is 18.8 Å². The van der Waals surface area contributed by atoms with Gasteiger partial charge in [0.15, 0.2) is 0 Å². The maximum absolute atomic E-state index is 10.0. The molecule has 0 radical (unpaired) electrons. The number of aliphatic hydroxyl groups is 1. The average molecular weight is 285 g/mol. The fourth-order valence-electron chi connectivity index (χ4n) is 3.01. The van der Waals surface area contributed by atoms with Crippen molar-refractivity contribution < 1.29 is 5.11 Å². The molecule has 1 aliphatic rings. The van der Waals surface area contributed by atoms with E-state index in [1.54, 1.807) is 0 Å². The van der Waals surface area contributed by atoms with Crippen LogP contribution in [-0.4, -0.2) is 11.7 Å². The number of rotatable bonds is 3. The van der Waals surface area contributed by atoms with Gasteiger partial charge >= 0.3 is 0 Å². The van der Waals surface area contributed by atoms with E-state index in [0.29, 0.717) is 13.0 Å². The van der Waals surface area contributed by atoms with Crippen LogP contribution in [0.3, 0.4) is 0 Å². The van der Waals surface area contributed by atoms with Crippen molar-refractivity contribution in [1.82, 2.24) is 0 Å². The van der Waals surface area contributed by atoms with Gasteiger partial charge < -0.3 is 10.8 Å². The lowest BCUT2D eigenvalue weighted by Gasteiger charge is -2.20. The number of hydrogen-bond acceptors (Lipinski definition) is 2. The highest BCUT2D eigenvalue weighted by Crippen LogP contribution is 2.33. The van der Waals surface area contributed by atoms with E-state index in [-0.39, 0.29) is 5.41 Å². The highest BCUT2D eigenvalue weighted by molar-refractivity contribution is 5.39. The molecule has 114 valence electrons. The lowest BCUT2D eigenvalue weighted by Crippen LogP contribution is -2.12. The summed E-state index contributed by atoms with van der Waals surface area (Å²) in [5.41, 5.74) is 7.57. The van der Waals surface area contributed by atoms with Gasteiger partial charge in [-0.3, -0.25) is 0 Å². The minimum absolute atomic E-state index is 0.155. The first-order chi connectivity index (χ1) is 10.1. The van der Waals surface area contributed by atoms with Crippen LogP contribution in [0.1, 0.15) is 69.1 Å².